The van der Waals surface area contributed by atoms with Crippen LogP contribution in [0.4, 0.5) is 0 Å². The molecule has 0 aliphatic heterocycles. The molecule has 2 saturated carbocycles. The summed E-state index contributed by atoms with van der Waals surface area (Å²) in [5.74, 6) is 2.68. The van der Waals surface area contributed by atoms with E-state index >= 15 is 0 Å². The minimum absolute atomic E-state index is 0.797. The summed E-state index contributed by atoms with van der Waals surface area (Å²) in [5, 5.41) is 0. The van der Waals surface area contributed by atoms with E-state index < -0.39 is 0 Å². The summed E-state index contributed by atoms with van der Waals surface area (Å²) in [7, 11) is 0. The number of benzene rings is 1. The van der Waals surface area contributed by atoms with Gasteiger partial charge in [0.05, 0.1) is 0 Å². The van der Waals surface area contributed by atoms with Gasteiger partial charge in [-0.3, -0.25) is 0 Å². The van der Waals surface area contributed by atoms with Crippen molar-refractivity contribution in [1.82, 2.24) is 0 Å². The molecule has 0 N–H and O–H groups in total. The molecule has 4 rings (SSSR count). The Morgan fingerprint density at radius 3 is 2.29 bits per heavy atom. The van der Waals surface area contributed by atoms with Gasteiger partial charge in [0.1, 0.15) is 0 Å². The molecular weight excluding hydrogens is 204 g/mol. The molecule has 0 amide bonds. The van der Waals surface area contributed by atoms with E-state index in [0.29, 0.717) is 0 Å². The fourth-order valence-electron chi connectivity index (χ4n) is 3.79. The lowest BCUT2D eigenvalue weighted by Gasteiger charge is -2.38. The highest BCUT2D eigenvalue weighted by atomic mass is 14.4. The lowest BCUT2D eigenvalue weighted by Crippen LogP contribution is -2.25. The Labute approximate surface area is 104 Å². The summed E-state index contributed by atoms with van der Waals surface area (Å²) in [5.41, 5.74) is 4.95. The number of hydrogen-bond donors (Lipinski definition) is 0. The molecule has 1 aromatic carbocycles. The second kappa shape index (κ2) is 3.73. The second-order valence-electron chi connectivity index (χ2n) is 6.07. The van der Waals surface area contributed by atoms with Crippen molar-refractivity contribution < 1.29 is 0 Å². The summed E-state index contributed by atoms with van der Waals surface area (Å²) in [6, 6.07) is 9.10. The first-order valence-electron chi connectivity index (χ1n) is 7.24. The van der Waals surface area contributed by atoms with Crippen LogP contribution in [-0.2, 0) is 0 Å². The van der Waals surface area contributed by atoms with E-state index in [1.54, 1.807) is 11.1 Å². The van der Waals surface area contributed by atoms with Gasteiger partial charge in [0.2, 0.25) is 0 Å². The van der Waals surface area contributed by atoms with Crippen molar-refractivity contribution in [2.75, 3.05) is 0 Å². The van der Waals surface area contributed by atoms with Crippen LogP contribution in [0.25, 0.3) is 6.08 Å². The average Bonchev–Trinajstić information content (AvgIpc) is 2.53. The Morgan fingerprint density at radius 2 is 1.65 bits per heavy atom. The molecule has 17 heavy (non-hydrogen) atoms. The summed E-state index contributed by atoms with van der Waals surface area (Å²) in [6.07, 6.45) is 11.3. The van der Waals surface area contributed by atoms with Crippen LogP contribution in [0.2, 0.25) is 0 Å². The highest BCUT2D eigenvalue weighted by molar-refractivity contribution is 5.67. The van der Waals surface area contributed by atoms with Gasteiger partial charge in [-0.05, 0) is 48.6 Å². The molecule has 0 radical (unpaired) electrons. The Balaban J connectivity index is 1.74. The Kier molecular flexibility index (Phi) is 2.18. The van der Waals surface area contributed by atoms with Gasteiger partial charge in [0.15, 0.2) is 0 Å². The predicted molar refractivity (Wildman–Crippen MR) is 71.8 cm³/mol. The van der Waals surface area contributed by atoms with E-state index in [1.807, 2.05) is 0 Å². The maximum absolute atomic E-state index is 2.53. The maximum Gasteiger partial charge on any atom is 0.00884 e. The molecular formula is C17H20. The largest absolute Gasteiger partial charge is 0.0619 e. The molecule has 1 unspecified atom stereocenters. The van der Waals surface area contributed by atoms with Crippen molar-refractivity contribution in [3.8, 4) is 0 Å². The van der Waals surface area contributed by atoms with Gasteiger partial charge in [-0.15, -0.1) is 0 Å². The van der Waals surface area contributed by atoms with Gasteiger partial charge in [0, 0.05) is 5.92 Å². The van der Waals surface area contributed by atoms with Gasteiger partial charge < -0.3 is 0 Å². The average molecular weight is 224 g/mol. The first-order valence-corrected chi connectivity index (χ1v) is 7.24. The normalized spacial score (nSPS) is 28.2. The van der Waals surface area contributed by atoms with Crippen molar-refractivity contribution in [1.29, 1.82) is 0 Å². The van der Waals surface area contributed by atoms with E-state index in [2.05, 4.69) is 30.3 Å². The molecule has 0 spiro atoms. The number of fused-ring (bicyclic) bond motifs is 1. The summed E-state index contributed by atoms with van der Waals surface area (Å²) < 4.78 is 0. The van der Waals surface area contributed by atoms with Crippen LogP contribution in [0.5, 0.6) is 0 Å². The Hall–Kier alpha value is -1.04. The van der Waals surface area contributed by atoms with E-state index in [0.717, 1.165) is 17.8 Å². The fraction of sp³-hybridized carbons (Fsp3) is 0.529. The molecule has 1 atom stereocenters. The van der Waals surface area contributed by atoms with E-state index in [1.165, 1.54) is 44.1 Å². The van der Waals surface area contributed by atoms with Crippen molar-refractivity contribution in [3.05, 3.63) is 41.0 Å². The fourth-order valence-corrected chi connectivity index (χ4v) is 3.79. The number of allylic oxidation sites excluding steroid dienone is 1. The van der Waals surface area contributed by atoms with Crippen molar-refractivity contribution in [2.45, 2.75) is 44.4 Å². The minimum atomic E-state index is 0.797. The topological polar surface area (TPSA) is 0 Å². The lowest BCUT2D eigenvalue weighted by atomic mass is 9.66. The van der Waals surface area contributed by atoms with Crippen LogP contribution in [0.15, 0.2) is 29.8 Å². The van der Waals surface area contributed by atoms with Crippen LogP contribution in [0.3, 0.4) is 0 Å². The smallest absolute Gasteiger partial charge is 0.00884 e. The molecule has 0 aromatic heterocycles. The predicted octanol–water partition coefficient (Wildman–Crippen LogP) is 4.77. The minimum Gasteiger partial charge on any atom is -0.0619 e. The molecule has 1 aromatic rings. The molecule has 0 nitrogen and oxygen atoms in total. The second-order valence-corrected chi connectivity index (χ2v) is 6.07. The van der Waals surface area contributed by atoms with Gasteiger partial charge in [0.25, 0.3) is 0 Å². The first kappa shape index (κ1) is 9.94. The lowest BCUT2D eigenvalue weighted by molar-refractivity contribution is 0.254. The van der Waals surface area contributed by atoms with E-state index in [4.69, 9.17) is 0 Å². The van der Waals surface area contributed by atoms with Crippen LogP contribution in [0.1, 0.15) is 55.6 Å². The molecule has 0 heteroatoms. The molecule has 2 fully saturated rings. The van der Waals surface area contributed by atoms with Crippen molar-refractivity contribution in [3.63, 3.8) is 0 Å². The van der Waals surface area contributed by atoms with E-state index in [9.17, 15) is 0 Å². The zero-order valence-corrected chi connectivity index (χ0v) is 10.4. The zero-order chi connectivity index (χ0) is 11.2. The van der Waals surface area contributed by atoms with Crippen LogP contribution in [-0.4, -0.2) is 0 Å². The Morgan fingerprint density at radius 1 is 0.882 bits per heavy atom. The third kappa shape index (κ3) is 1.43. The molecule has 0 bridgehead atoms. The molecule has 3 aliphatic carbocycles. The van der Waals surface area contributed by atoms with Gasteiger partial charge in [-0.1, -0.05) is 48.8 Å². The first-order chi connectivity index (χ1) is 8.43. The zero-order valence-electron chi connectivity index (χ0n) is 10.4. The van der Waals surface area contributed by atoms with Gasteiger partial charge in [-0.2, -0.15) is 0 Å². The summed E-state index contributed by atoms with van der Waals surface area (Å²) in [6.45, 7) is 0. The van der Waals surface area contributed by atoms with E-state index in [-0.39, 0.29) is 0 Å². The highest BCUT2D eigenvalue weighted by Crippen LogP contribution is 2.53. The van der Waals surface area contributed by atoms with Crippen LogP contribution < -0.4 is 0 Å². The van der Waals surface area contributed by atoms with Gasteiger partial charge in [-0.25, -0.2) is 0 Å². The van der Waals surface area contributed by atoms with Gasteiger partial charge >= 0.3 is 0 Å². The molecule has 0 heterocycles. The highest BCUT2D eigenvalue weighted by Gasteiger charge is 2.39. The van der Waals surface area contributed by atoms with Crippen molar-refractivity contribution in [2.24, 2.45) is 11.8 Å². The molecule has 0 saturated heterocycles. The third-order valence-corrected chi connectivity index (χ3v) is 5.21. The third-order valence-electron chi connectivity index (χ3n) is 5.21. The monoisotopic (exact) mass is 224 g/mol. The van der Waals surface area contributed by atoms with Crippen molar-refractivity contribution >= 4 is 6.08 Å². The SMILES string of the molecule is C1=C(C2CCC2)C(C2CCC2)c2ccccc21. The maximum atomic E-state index is 2.53. The molecule has 3 aliphatic rings. The van der Waals surface area contributed by atoms with Crippen LogP contribution in [0, 0.1) is 11.8 Å². The quantitative estimate of drug-likeness (QED) is 0.679. The summed E-state index contributed by atoms with van der Waals surface area (Å²) in [4.78, 5) is 0. The Bertz CT molecular complexity index is 461. The number of rotatable bonds is 2. The molecule has 88 valence electrons. The summed E-state index contributed by atoms with van der Waals surface area (Å²) >= 11 is 0. The number of hydrogen-bond acceptors (Lipinski definition) is 0. The van der Waals surface area contributed by atoms with Crippen LogP contribution >= 0.6 is 0 Å². The standard InChI is InChI=1S/C17H20/c1-2-10-15-14(5-1)11-16(12-6-3-7-12)17(15)13-8-4-9-13/h1-2,5,10-13,17H,3-4,6-9H2.